The second-order valence-corrected chi connectivity index (χ2v) is 6.86. The fourth-order valence-corrected chi connectivity index (χ4v) is 3.65. The maximum atomic E-state index is 5.93. The maximum absolute atomic E-state index is 5.93. The van der Waals surface area contributed by atoms with Gasteiger partial charge in [-0.2, -0.15) is 0 Å². The van der Waals surface area contributed by atoms with Crippen LogP contribution in [0.4, 0.5) is 0 Å². The van der Waals surface area contributed by atoms with Crippen molar-refractivity contribution in [3.63, 3.8) is 0 Å². The first-order valence-corrected chi connectivity index (χ1v) is 9.36. The van der Waals surface area contributed by atoms with Gasteiger partial charge >= 0.3 is 0 Å². The molecule has 4 nitrogen and oxygen atoms in total. The van der Waals surface area contributed by atoms with Gasteiger partial charge in [0.05, 0.1) is 12.6 Å². The molecule has 1 N–H and O–H groups in total. The molecule has 2 heterocycles. The number of nitrogens with one attached hydrogen (secondary N) is 1. The third-order valence-corrected chi connectivity index (χ3v) is 4.80. The summed E-state index contributed by atoms with van der Waals surface area (Å²) in [6.45, 7) is 6.85. The summed E-state index contributed by atoms with van der Waals surface area (Å²) in [7, 11) is 0. The van der Waals surface area contributed by atoms with Gasteiger partial charge in [0, 0.05) is 42.1 Å². The molecule has 128 valence electrons. The van der Waals surface area contributed by atoms with E-state index in [-0.39, 0.29) is 6.04 Å². The zero-order chi connectivity index (χ0) is 16.8. The summed E-state index contributed by atoms with van der Waals surface area (Å²) in [5.74, 6) is 0.951. The number of pyridine rings is 1. The summed E-state index contributed by atoms with van der Waals surface area (Å²) in [5.41, 5.74) is 2.40. The van der Waals surface area contributed by atoms with Crippen molar-refractivity contribution in [1.29, 1.82) is 0 Å². The molecule has 24 heavy (non-hydrogen) atoms. The van der Waals surface area contributed by atoms with Crippen LogP contribution < -0.4 is 10.1 Å². The lowest BCUT2D eigenvalue weighted by Gasteiger charge is -2.32. The molecule has 1 atom stereocenters. The van der Waals surface area contributed by atoms with Crippen molar-refractivity contribution < 1.29 is 4.74 Å². The van der Waals surface area contributed by atoms with E-state index in [1.54, 1.807) is 0 Å². The Hall–Kier alpha value is -1.43. The van der Waals surface area contributed by atoms with Crippen molar-refractivity contribution in [2.45, 2.75) is 19.4 Å². The Kier molecular flexibility index (Phi) is 6.24. The molecule has 0 radical (unpaired) electrons. The first-order valence-electron chi connectivity index (χ1n) is 8.56. The van der Waals surface area contributed by atoms with E-state index >= 15 is 0 Å². The van der Waals surface area contributed by atoms with Crippen LogP contribution in [0.2, 0.25) is 0 Å². The van der Waals surface area contributed by atoms with Crippen molar-refractivity contribution in [3.8, 4) is 5.75 Å². The Bertz CT molecular complexity index is 642. The van der Waals surface area contributed by atoms with Gasteiger partial charge < -0.3 is 10.1 Å². The summed E-state index contributed by atoms with van der Waals surface area (Å²) < 4.78 is 7.01. The minimum Gasteiger partial charge on any atom is -0.494 e. The molecule has 1 unspecified atom stereocenters. The monoisotopic (exact) mass is 389 g/mol. The van der Waals surface area contributed by atoms with E-state index in [9.17, 15) is 0 Å². The van der Waals surface area contributed by atoms with Crippen LogP contribution in [0, 0.1) is 0 Å². The Labute approximate surface area is 152 Å². The number of hydrogen-bond donors (Lipinski definition) is 1. The van der Waals surface area contributed by atoms with Crippen LogP contribution in [0.1, 0.15) is 30.5 Å². The molecule has 1 aromatic carbocycles. The van der Waals surface area contributed by atoms with Crippen molar-refractivity contribution in [3.05, 3.63) is 58.3 Å². The Morgan fingerprint density at radius 2 is 2.21 bits per heavy atom. The Balaban J connectivity index is 2.05. The highest BCUT2D eigenvalue weighted by atomic mass is 79.9. The quantitative estimate of drug-likeness (QED) is 0.846. The first kappa shape index (κ1) is 17.4. The predicted octanol–water partition coefficient (Wildman–Crippen LogP) is 3.63. The summed E-state index contributed by atoms with van der Waals surface area (Å²) in [6, 6.07) is 10.6. The number of nitrogens with zero attached hydrogens (tertiary/aromatic N) is 2. The van der Waals surface area contributed by atoms with Gasteiger partial charge in [0.1, 0.15) is 5.75 Å². The van der Waals surface area contributed by atoms with Gasteiger partial charge in [0.15, 0.2) is 0 Å². The molecule has 1 saturated heterocycles. The SMILES string of the molecule is CCOc1ccc(Br)cc1C(c1cccnc1)N1CCCNCC1. The molecular weight excluding hydrogens is 366 g/mol. The van der Waals surface area contributed by atoms with Crippen LogP contribution in [0.25, 0.3) is 0 Å². The molecule has 0 saturated carbocycles. The Morgan fingerprint density at radius 3 is 3.00 bits per heavy atom. The number of hydrogen-bond acceptors (Lipinski definition) is 4. The van der Waals surface area contributed by atoms with Crippen molar-refractivity contribution in [1.82, 2.24) is 15.2 Å². The average molecular weight is 390 g/mol. The largest absolute Gasteiger partial charge is 0.494 e. The molecule has 0 bridgehead atoms. The molecule has 3 rings (SSSR count). The average Bonchev–Trinajstić information content (AvgIpc) is 2.88. The predicted molar refractivity (Wildman–Crippen MR) is 100 cm³/mol. The van der Waals surface area contributed by atoms with Gasteiger partial charge in [0.2, 0.25) is 0 Å². The third kappa shape index (κ3) is 4.15. The topological polar surface area (TPSA) is 37.4 Å². The highest BCUT2D eigenvalue weighted by Crippen LogP contribution is 2.36. The number of rotatable bonds is 5. The molecule has 5 heteroatoms. The third-order valence-electron chi connectivity index (χ3n) is 4.31. The molecule has 2 aromatic rings. The van der Waals surface area contributed by atoms with Crippen molar-refractivity contribution in [2.75, 3.05) is 32.8 Å². The minimum absolute atomic E-state index is 0.151. The standard InChI is InChI=1S/C19H24BrN3O/c1-2-24-18-7-6-16(20)13-17(18)19(15-5-3-8-22-14-15)23-11-4-9-21-10-12-23/h3,5-8,13-14,19,21H,2,4,9-12H2,1H3. The Morgan fingerprint density at radius 1 is 1.29 bits per heavy atom. The maximum Gasteiger partial charge on any atom is 0.124 e. The van der Waals surface area contributed by atoms with E-state index < -0.39 is 0 Å². The van der Waals surface area contributed by atoms with Gasteiger partial charge in [-0.05, 0) is 49.7 Å². The lowest BCUT2D eigenvalue weighted by molar-refractivity contribution is 0.233. The lowest BCUT2D eigenvalue weighted by Crippen LogP contribution is -2.33. The summed E-state index contributed by atoms with van der Waals surface area (Å²) >= 11 is 3.63. The molecule has 1 aromatic heterocycles. The van der Waals surface area contributed by atoms with Gasteiger partial charge in [-0.25, -0.2) is 0 Å². The van der Waals surface area contributed by atoms with Crippen LogP contribution in [-0.4, -0.2) is 42.7 Å². The van der Waals surface area contributed by atoms with Crippen molar-refractivity contribution in [2.24, 2.45) is 0 Å². The molecule has 0 spiro atoms. The molecule has 1 aliphatic rings. The molecule has 1 aliphatic heterocycles. The molecule has 1 fully saturated rings. The molecular formula is C19H24BrN3O. The van der Waals surface area contributed by atoms with Gasteiger partial charge in [-0.1, -0.05) is 22.0 Å². The summed E-state index contributed by atoms with van der Waals surface area (Å²) in [5, 5.41) is 3.49. The highest BCUT2D eigenvalue weighted by Gasteiger charge is 2.26. The van der Waals surface area contributed by atoms with Gasteiger partial charge in [-0.3, -0.25) is 9.88 Å². The van der Waals surface area contributed by atoms with Crippen LogP contribution in [0.15, 0.2) is 47.2 Å². The number of benzene rings is 1. The number of aromatic nitrogens is 1. The molecule has 0 amide bonds. The normalized spacial score (nSPS) is 17.2. The van der Waals surface area contributed by atoms with E-state index in [1.807, 2.05) is 31.5 Å². The zero-order valence-corrected chi connectivity index (χ0v) is 15.6. The van der Waals surface area contributed by atoms with Gasteiger partial charge in [0.25, 0.3) is 0 Å². The van der Waals surface area contributed by atoms with Crippen LogP contribution in [-0.2, 0) is 0 Å². The number of halogens is 1. The second-order valence-electron chi connectivity index (χ2n) is 5.94. The van der Waals surface area contributed by atoms with Crippen LogP contribution in [0.5, 0.6) is 5.75 Å². The summed E-state index contributed by atoms with van der Waals surface area (Å²) in [4.78, 5) is 6.88. The van der Waals surface area contributed by atoms with Crippen LogP contribution >= 0.6 is 15.9 Å². The van der Waals surface area contributed by atoms with E-state index in [1.165, 1.54) is 11.1 Å². The summed E-state index contributed by atoms with van der Waals surface area (Å²) in [6.07, 6.45) is 4.95. The lowest BCUT2D eigenvalue weighted by atomic mass is 9.97. The second kappa shape index (κ2) is 8.60. The zero-order valence-electron chi connectivity index (χ0n) is 14.0. The van der Waals surface area contributed by atoms with Gasteiger partial charge in [-0.15, -0.1) is 0 Å². The van der Waals surface area contributed by atoms with E-state index in [0.717, 1.165) is 42.8 Å². The fourth-order valence-electron chi connectivity index (χ4n) is 3.27. The smallest absolute Gasteiger partial charge is 0.124 e. The highest BCUT2D eigenvalue weighted by molar-refractivity contribution is 9.10. The first-order chi connectivity index (χ1) is 11.8. The van der Waals surface area contributed by atoms with E-state index in [4.69, 9.17) is 4.74 Å². The van der Waals surface area contributed by atoms with E-state index in [2.05, 4.69) is 49.3 Å². The minimum atomic E-state index is 0.151. The van der Waals surface area contributed by atoms with E-state index in [0.29, 0.717) is 6.61 Å². The van der Waals surface area contributed by atoms with Crippen molar-refractivity contribution >= 4 is 15.9 Å². The fraction of sp³-hybridized carbons (Fsp3) is 0.421. The number of ether oxygens (including phenoxy) is 1. The molecule has 0 aliphatic carbocycles. The van der Waals surface area contributed by atoms with Crippen LogP contribution in [0.3, 0.4) is 0 Å².